The average Bonchev–Trinajstić information content (AvgIpc) is 2.50. The number of nitrogens with one attached hydrogen (secondary N) is 1. The Labute approximate surface area is 133 Å². The van der Waals surface area contributed by atoms with Crippen LogP contribution in [-0.4, -0.2) is 15.0 Å². The van der Waals surface area contributed by atoms with Crippen LogP contribution in [0.4, 0.5) is 17.3 Å². The molecule has 0 unspecified atom stereocenters. The highest BCUT2D eigenvalue weighted by Gasteiger charge is 2.10. The second-order valence-corrected chi connectivity index (χ2v) is 5.26. The number of hydrogen-bond acceptors (Lipinski definition) is 5. The molecule has 0 radical (unpaired) electrons. The zero-order chi connectivity index (χ0) is 15.5. The summed E-state index contributed by atoms with van der Waals surface area (Å²) in [7, 11) is 0. The molecule has 3 aromatic rings. The maximum absolute atomic E-state index is 6.01. The molecule has 3 N–H and O–H groups in total. The molecule has 0 amide bonds. The molecular formula is C16H14ClN5. The molecule has 6 heteroatoms. The highest BCUT2D eigenvalue weighted by atomic mass is 35.5. The number of aryl methyl sites for hydroxylation is 1. The van der Waals surface area contributed by atoms with E-state index in [1.807, 2.05) is 31.2 Å². The number of hydrogen-bond donors (Lipinski definition) is 2. The van der Waals surface area contributed by atoms with Gasteiger partial charge in [-0.2, -0.15) is 0 Å². The van der Waals surface area contributed by atoms with E-state index in [1.165, 1.54) is 0 Å². The van der Waals surface area contributed by atoms with Crippen LogP contribution in [0.3, 0.4) is 0 Å². The highest BCUT2D eigenvalue weighted by Crippen LogP contribution is 2.27. The first-order chi connectivity index (χ1) is 10.6. The van der Waals surface area contributed by atoms with E-state index in [0.29, 0.717) is 22.4 Å². The van der Waals surface area contributed by atoms with Crippen LogP contribution in [0.25, 0.3) is 11.3 Å². The van der Waals surface area contributed by atoms with Crippen molar-refractivity contribution in [3.8, 4) is 11.3 Å². The fraction of sp³-hybridized carbons (Fsp3) is 0.0625. The SMILES string of the molecule is Cc1cnccc1-c1nc(Nc2cccc(Cl)c2)ncc1N. The molecule has 0 aliphatic heterocycles. The lowest BCUT2D eigenvalue weighted by molar-refractivity contribution is 1.16. The smallest absolute Gasteiger partial charge is 0.227 e. The summed E-state index contributed by atoms with van der Waals surface area (Å²) in [4.78, 5) is 12.8. The van der Waals surface area contributed by atoms with E-state index in [0.717, 1.165) is 16.8 Å². The second-order valence-electron chi connectivity index (χ2n) is 4.82. The summed E-state index contributed by atoms with van der Waals surface area (Å²) in [5.41, 5.74) is 9.96. The van der Waals surface area contributed by atoms with Crippen molar-refractivity contribution in [3.05, 3.63) is 59.5 Å². The van der Waals surface area contributed by atoms with Gasteiger partial charge in [-0.05, 0) is 36.8 Å². The van der Waals surface area contributed by atoms with E-state index >= 15 is 0 Å². The fourth-order valence-corrected chi connectivity index (χ4v) is 2.29. The summed E-state index contributed by atoms with van der Waals surface area (Å²) in [6.45, 7) is 1.97. The standard InChI is InChI=1S/C16H14ClN5/c1-10-8-19-6-5-13(10)15-14(18)9-20-16(22-15)21-12-4-2-3-11(17)7-12/h2-9H,18H2,1H3,(H,20,21,22). The van der Waals surface area contributed by atoms with Gasteiger partial charge < -0.3 is 11.1 Å². The van der Waals surface area contributed by atoms with E-state index in [1.54, 1.807) is 24.7 Å². The van der Waals surface area contributed by atoms with Gasteiger partial charge in [-0.25, -0.2) is 9.97 Å². The molecule has 0 fully saturated rings. The molecule has 0 bridgehead atoms. The first kappa shape index (κ1) is 14.3. The molecule has 0 spiro atoms. The van der Waals surface area contributed by atoms with E-state index in [4.69, 9.17) is 17.3 Å². The van der Waals surface area contributed by atoms with Gasteiger partial charge in [0.25, 0.3) is 0 Å². The summed E-state index contributed by atoms with van der Waals surface area (Å²) in [6, 6.07) is 9.25. The predicted molar refractivity (Wildman–Crippen MR) is 89.1 cm³/mol. The van der Waals surface area contributed by atoms with Crippen molar-refractivity contribution in [1.29, 1.82) is 0 Å². The van der Waals surface area contributed by atoms with Gasteiger partial charge in [0.15, 0.2) is 0 Å². The maximum atomic E-state index is 6.01. The Bertz CT molecular complexity index is 819. The number of benzene rings is 1. The van der Waals surface area contributed by atoms with Gasteiger partial charge in [-0.1, -0.05) is 17.7 Å². The van der Waals surface area contributed by atoms with Crippen molar-refractivity contribution in [2.75, 3.05) is 11.1 Å². The summed E-state index contributed by atoms with van der Waals surface area (Å²) < 4.78 is 0. The lowest BCUT2D eigenvalue weighted by Crippen LogP contribution is -2.02. The third-order valence-electron chi connectivity index (χ3n) is 3.17. The van der Waals surface area contributed by atoms with Gasteiger partial charge in [0.2, 0.25) is 5.95 Å². The summed E-state index contributed by atoms with van der Waals surface area (Å²) in [5.74, 6) is 0.461. The van der Waals surface area contributed by atoms with Crippen molar-refractivity contribution in [3.63, 3.8) is 0 Å². The van der Waals surface area contributed by atoms with Crippen LogP contribution in [0.5, 0.6) is 0 Å². The number of rotatable bonds is 3. The Morgan fingerprint density at radius 2 is 2.05 bits per heavy atom. The van der Waals surface area contributed by atoms with Gasteiger partial charge in [0.1, 0.15) is 0 Å². The van der Waals surface area contributed by atoms with Crippen molar-refractivity contribution in [2.45, 2.75) is 6.92 Å². The minimum atomic E-state index is 0.461. The van der Waals surface area contributed by atoms with Crippen LogP contribution in [0, 0.1) is 6.92 Å². The largest absolute Gasteiger partial charge is 0.396 e. The third kappa shape index (κ3) is 2.99. The third-order valence-corrected chi connectivity index (χ3v) is 3.41. The van der Waals surface area contributed by atoms with Gasteiger partial charge in [-0.15, -0.1) is 0 Å². The maximum Gasteiger partial charge on any atom is 0.227 e. The lowest BCUT2D eigenvalue weighted by atomic mass is 10.1. The van der Waals surface area contributed by atoms with E-state index < -0.39 is 0 Å². The Hall–Kier alpha value is -2.66. The molecule has 0 saturated heterocycles. The predicted octanol–water partition coefficient (Wildman–Crippen LogP) is 3.83. The highest BCUT2D eigenvalue weighted by molar-refractivity contribution is 6.30. The Balaban J connectivity index is 1.98. The summed E-state index contributed by atoms with van der Waals surface area (Å²) in [6.07, 6.45) is 5.09. The molecule has 5 nitrogen and oxygen atoms in total. The van der Waals surface area contributed by atoms with E-state index in [9.17, 15) is 0 Å². The van der Waals surface area contributed by atoms with Crippen molar-refractivity contribution in [1.82, 2.24) is 15.0 Å². The normalized spacial score (nSPS) is 10.5. The lowest BCUT2D eigenvalue weighted by Gasteiger charge is -2.10. The van der Waals surface area contributed by atoms with Crippen LogP contribution in [0.1, 0.15) is 5.56 Å². The van der Waals surface area contributed by atoms with Crippen molar-refractivity contribution < 1.29 is 0 Å². The minimum Gasteiger partial charge on any atom is -0.396 e. The van der Waals surface area contributed by atoms with E-state index in [-0.39, 0.29) is 0 Å². The van der Waals surface area contributed by atoms with Gasteiger partial charge >= 0.3 is 0 Å². The Kier molecular flexibility index (Phi) is 3.89. The van der Waals surface area contributed by atoms with E-state index in [2.05, 4.69) is 20.3 Å². The van der Waals surface area contributed by atoms with Crippen molar-refractivity contribution in [2.24, 2.45) is 0 Å². The second kappa shape index (κ2) is 5.99. The van der Waals surface area contributed by atoms with Gasteiger partial charge in [0.05, 0.1) is 17.6 Å². The molecule has 2 aromatic heterocycles. The average molecular weight is 312 g/mol. The van der Waals surface area contributed by atoms with Crippen LogP contribution in [0.2, 0.25) is 5.02 Å². The molecular weight excluding hydrogens is 298 g/mol. The van der Waals surface area contributed by atoms with Crippen molar-refractivity contribution >= 4 is 28.9 Å². The Morgan fingerprint density at radius 1 is 1.18 bits per heavy atom. The quantitative estimate of drug-likeness (QED) is 0.768. The van der Waals surface area contributed by atoms with Gasteiger partial charge in [-0.3, -0.25) is 4.98 Å². The minimum absolute atomic E-state index is 0.461. The first-order valence-corrected chi connectivity index (χ1v) is 7.07. The molecule has 22 heavy (non-hydrogen) atoms. The number of halogens is 1. The molecule has 0 atom stereocenters. The number of pyridine rings is 1. The fourth-order valence-electron chi connectivity index (χ4n) is 2.10. The number of nitrogens with zero attached hydrogens (tertiary/aromatic N) is 3. The number of nitrogens with two attached hydrogens (primary N) is 1. The van der Waals surface area contributed by atoms with Crippen LogP contribution in [-0.2, 0) is 0 Å². The molecule has 0 aliphatic carbocycles. The molecule has 110 valence electrons. The molecule has 2 heterocycles. The number of nitrogen functional groups attached to an aromatic ring is 1. The first-order valence-electron chi connectivity index (χ1n) is 6.69. The number of anilines is 3. The monoisotopic (exact) mass is 311 g/mol. The zero-order valence-electron chi connectivity index (χ0n) is 11.9. The molecule has 3 rings (SSSR count). The molecule has 0 saturated carbocycles. The zero-order valence-corrected chi connectivity index (χ0v) is 12.7. The summed E-state index contributed by atoms with van der Waals surface area (Å²) in [5, 5.41) is 3.77. The number of aromatic nitrogens is 3. The molecule has 1 aromatic carbocycles. The van der Waals surface area contributed by atoms with Crippen LogP contribution >= 0.6 is 11.6 Å². The topological polar surface area (TPSA) is 76.7 Å². The summed E-state index contributed by atoms with van der Waals surface area (Å²) >= 11 is 5.98. The Morgan fingerprint density at radius 3 is 2.82 bits per heavy atom. The van der Waals surface area contributed by atoms with Gasteiger partial charge in [0, 0.05) is 28.7 Å². The van der Waals surface area contributed by atoms with Crippen LogP contribution in [0.15, 0.2) is 48.9 Å². The molecule has 0 aliphatic rings. The van der Waals surface area contributed by atoms with Crippen LogP contribution < -0.4 is 11.1 Å².